The summed E-state index contributed by atoms with van der Waals surface area (Å²) in [5, 5.41) is 0. The van der Waals surface area contributed by atoms with Gasteiger partial charge < -0.3 is 10.3 Å². The van der Waals surface area contributed by atoms with Crippen LogP contribution in [0.15, 0.2) is 6.33 Å². The lowest BCUT2D eigenvalue weighted by Gasteiger charge is -2.21. The Balaban J connectivity index is 2.93. The normalized spacial score (nSPS) is 10.2. The molecule has 5 nitrogen and oxygen atoms in total. The van der Waals surface area contributed by atoms with Gasteiger partial charge in [0.15, 0.2) is 0 Å². The number of hydrazine groups is 1. The Morgan fingerprint density at radius 2 is 2.12 bits per heavy atom. The summed E-state index contributed by atoms with van der Waals surface area (Å²) >= 11 is 0. The van der Waals surface area contributed by atoms with Gasteiger partial charge in [-0.25, -0.2) is 15.8 Å². The minimum Gasteiger partial charge on any atom is -0.359 e. The fraction of sp³-hybridized carbons (Fsp3) is 0.636. The average Bonchev–Trinajstić information content (AvgIpc) is 2.34. The van der Waals surface area contributed by atoms with Crippen LogP contribution in [0.3, 0.4) is 0 Å². The van der Waals surface area contributed by atoms with Crippen LogP contribution in [0.1, 0.15) is 32.3 Å². The predicted molar refractivity (Wildman–Crippen MR) is 67.4 cm³/mol. The van der Waals surface area contributed by atoms with E-state index < -0.39 is 0 Å². The van der Waals surface area contributed by atoms with E-state index in [2.05, 4.69) is 41.2 Å². The molecule has 90 valence electrons. The molecule has 0 aromatic carbocycles. The SMILES string of the molecule is CCCCN(C)c1ncnc(NN)c1CC. The number of nitrogens with two attached hydrogens (primary N) is 1. The first kappa shape index (κ1) is 12.7. The molecule has 1 heterocycles. The first-order chi connectivity index (χ1) is 7.74. The molecular weight excluding hydrogens is 202 g/mol. The van der Waals surface area contributed by atoms with E-state index >= 15 is 0 Å². The summed E-state index contributed by atoms with van der Waals surface area (Å²) in [7, 11) is 2.05. The predicted octanol–water partition coefficient (Wildman–Crippen LogP) is 1.56. The smallest absolute Gasteiger partial charge is 0.148 e. The molecule has 16 heavy (non-hydrogen) atoms. The van der Waals surface area contributed by atoms with Crippen molar-refractivity contribution in [3.05, 3.63) is 11.9 Å². The van der Waals surface area contributed by atoms with Crippen LogP contribution in [0.4, 0.5) is 11.6 Å². The van der Waals surface area contributed by atoms with Crippen LogP contribution in [0.25, 0.3) is 0 Å². The van der Waals surface area contributed by atoms with E-state index in [1.807, 2.05) is 0 Å². The number of rotatable bonds is 6. The van der Waals surface area contributed by atoms with Gasteiger partial charge in [0.1, 0.15) is 18.0 Å². The van der Waals surface area contributed by atoms with E-state index in [1.54, 1.807) is 6.33 Å². The summed E-state index contributed by atoms with van der Waals surface area (Å²) in [6, 6.07) is 0. The lowest BCUT2D eigenvalue weighted by molar-refractivity contribution is 0.754. The van der Waals surface area contributed by atoms with Gasteiger partial charge in [0, 0.05) is 19.2 Å². The maximum atomic E-state index is 5.44. The van der Waals surface area contributed by atoms with Crippen LogP contribution >= 0.6 is 0 Å². The largest absolute Gasteiger partial charge is 0.359 e. The third kappa shape index (κ3) is 2.82. The molecular formula is C11H21N5. The number of unbranched alkanes of at least 4 members (excludes halogenated alkanes) is 1. The molecule has 0 aliphatic carbocycles. The van der Waals surface area contributed by atoms with E-state index in [0.29, 0.717) is 0 Å². The molecule has 0 radical (unpaired) electrons. The molecule has 0 bridgehead atoms. The van der Waals surface area contributed by atoms with Gasteiger partial charge in [0.2, 0.25) is 0 Å². The van der Waals surface area contributed by atoms with E-state index in [4.69, 9.17) is 5.84 Å². The maximum Gasteiger partial charge on any atom is 0.148 e. The second-order valence-corrected chi connectivity index (χ2v) is 3.80. The van der Waals surface area contributed by atoms with Crippen LogP contribution in [0, 0.1) is 0 Å². The van der Waals surface area contributed by atoms with E-state index in [1.165, 1.54) is 6.42 Å². The number of hydrogen-bond donors (Lipinski definition) is 2. The lowest BCUT2D eigenvalue weighted by Crippen LogP contribution is -2.23. The van der Waals surface area contributed by atoms with Crippen molar-refractivity contribution in [2.45, 2.75) is 33.1 Å². The first-order valence-corrected chi connectivity index (χ1v) is 5.76. The van der Waals surface area contributed by atoms with Gasteiger partial charge in [-0.15, -0.1) is 0 Å². The minimum atomic E-state index is 0.718. The molecule has 0 saturated heterocycles. The van der Waals surface area contributed by atoms with Gasteiger partial charge in [0.05, 0.1) is 0 Å². The average molecular weight is 223 g/mol. The van der Waals surface area contributed by atoms with Gasteiger partial charge in [-0.1, -0.05) is 20.3 Å². The molecule has 0 aliphatic heterocycles. The lowest BCUT2D eigenvalue weighted by atomic mass is 10.2. The summed E-state index contributed by atoms with van der Waals surface area (Å²) in [4.78, 5) is 10.6. The molecule has 0 fully saturated rings. The van der Waals surface area contributed by atoms with Gasteiger partial charge >= 0.3 is 0 Å². The van der Waals surface area contributed by atoms with Crippen molar-refractivity contribution < 1.29 is 0 Å². The molecule has 0 atom stereocenters. The molecule has 0 saturated carbocycles. The monoisotopic (exact) mass is 223 g/mol. The highest BCUT2D eigenvalue weighted by atomic mass is 15.3. The summed E-state index contributed by atoms with van der Waals surface area (Å²) in [5.41, 5.74) is 3.69. The van der Waals surface area contributed by atoms with Gasteiger partial charge in [-0.05, 0) is 12.8 Å². The topological polar surface area (TPSA) is 67.1 Å². The van der Waals surface area contributed by atoms with Crippen LogP contribution < -0.4 is 16.2 Å². The summed E-state index contributed by atoms with van der Waals surface area (Å²) in [6.07, 6.45) is 4.76. The molecule has 1 aromatic heterocycles. The molecule has 0 aliphatic rings. The first-order valence-electron chi connectivity index (χ1n) is 5.76. The number of nitrogens with one attached hydrogen (secondary N) is 1. The number of nitrogen functional groups attached to an aromatic ring is 1. The summed E-state index contributed by atoms with van der Waals surface area (Å²) in [6.45, 7) is 5.27. The third-order valence-corrected chi connectivity index (χ3v) is 2.62. The number of anilines is 2. The molecule has 1 aromatic rings. The molecule has 1 rings (SSSR count). The van der Waals surface area contributed by atoms with Crippen molar-refractivity contribution in [3.63, 3.8) is 0 Å². The Kier molecular flexibility index (Phi) is 4.98. The standard InChI is InChI=1S/C11H21N5/c1-4-6-7-16(3)11-9(5-2)10(15-12)13-8-14-11/h8H,4-7,12H2,1-3H3,(H,13,14,15). The van der Waals surface area contributed by atoms with Crippen molar-refractivity contribution in [3.8, 4) is 0 Å². The Morgan fingerprint density at radius 1 is 1.38 bits per heavy atom. The Bertz CT molecular complexity index is 326. The highest BCUT2D eigenvalue weighted by Gasteiger charge is 2.12. The number of nitrogens with zero attached hydrogens (tertiary/aromatic N) is 3. The van der Waals surface area contributed by atoms with Crippen LogP contribution in [-0.2, 0) is 6.42 Å². The summed E-state index contributed by atoms with van der Waals surface area (Å²) in [5.74, 6) is 7.13. The highest BCUT2D eigenvalue weighted by molar-refractivity contribution is 5.57. The zero-order valence-corrected chi connectivity index (χ0v) is 10.3. The maximum absolute atomic E-state index is 5.44. The van der Waals surface area contributed by atoms with Gasteiger partial charge in [0.25, 0.3) is 0 Å². The molecule has 3 N–H and O–H groups in total. The zero-order chi connectivity index (χ0) is 12.0. The highest BCUT2D eigenvalue weighted by Crippen LogP contribution is 2.22. The Labute approximate surface area is 97.0 Å². The van der Waals surface area contributed by atoms with E-state index in [9.17, 15) is 0 Å². The van der Waals surface area contributed by atoms with E-state index in [-0.39, 0.29) is 0 Å². The summed E-state index contributed by atoms with van der Waals surface area (Å²) < 4.78 is 0. The second kappa shape index (κ2) is 6.27. The Hall–Kier alpha value is -1.36. The third-order valence-electron chi connectivity index (χ3n) is 2.62. The van der Waals surface area contributed by atoms with Crippen LogP contribution in [-0.4, -0.2) is 23.6 Å². The van der Waals surface area contributed by atoms with Crippen LogP contribution in [0.5, 0.6) is 0 Å². The molecule has 0 unspecified atom stereocenters. The molecule has 0 amide bonds. The van der Waals surface area contributed by atoms with Gasteiger partial charge in [-0.3, -0.25) is 0 Å². The van der Waals surface area contributed by atoms with Gasteiger partial charge in [-0.2, -0.15) is 0 Å². The molecule has 5 heteroatoms. The zero-order valence-electron chi connectivity index (χ0n) is 10.3. The van der Waals surface area contributed by atoms with Crippen molar-refractivity contribution in [2.75, 3.05) is 23.9 Å². The van der Waals surface area contributed by atoms with Crippen molar-refractivity contribution in [2.24, 2.45) is 5.84 Å². The van der Waals surface area contributed by atoms with Crippen molar-refractivity contribution in [1.29, 1.82) is 0 Å². The van der Waals surface area contributed by atoms with Crippen LogP contribution in [0.2, 0.25) is 0 Å². The minimum absolute atomic E-state index is 0.718. The fourth-order valence-corrected chi connectivity index (χ4v) is 1.68. The fourth-order valence-electron chi connectivity index (χ4n) is 1.68. The molecule has 0 spiro atoms. The van der Waals surface area contributed by atoms with Crippen molar-refractivity contribution in [1.82, 2.24) is 9.97 Å². The quantitative estimate of drug-likeness (QED) is 0.566. The van der Waals surface area contributed by atoms with Crippen molar-refractivity contribution >= 4 is 11.6 Å². The Morgan fingerprint density at radius 3 is 2.69 bits per heavy atom. The number of aromatic nitrogens is 2. The van der Waals surface area contributed by atoms with E-state index in [0.717, 1.165) is 36.6 Å². The second-order valence-electron chi connectivity index (χ2n) is 3.80. The number of hydrogen-bond acceptors (Lipinski definition) is 5.